The van der Waals surface area contributed by atoms with Crippen molar-refractivity contribution in [1.82, 2.24) is 9.97 Å². The molecule has 21 heavy (non-hydrogen) atoms. The predicted octanol–water partition coefficient (Wildman–Crippen LogP) is 3.50. The van der Waals surface area contributed by atoms with Crippen LogP contribution in [-0.2, 0) is 6.42 Å². The Balaban J connectivity index is 0.00000161. The van der Waals surface area contributed by atoms with E-state index in [1.807, 2.05) is 32.2 Å². The Morgan fingerprint density at radius 1 is 1.38 bits per heavy atom. The number of aromatic amines is 1. The fourth-order valence-corrected chi connectivity index (χ4v) is 2.36. The van der Waals surface area contributed by atoms with Gasteiger partial charge in [0, 0.05) is 24.4 Å². The SMILES string of the molecule is CC1(C)Oc2ccc(C#N)cc2C=C1Cc1ncc[nH]1.Cl. The number of ether oxygens (including phenoxy) is 1. The van der Waals surface area contributed by atoms with Gasteiger partial charge < -0.3 is 9.72 Å². The third-order valence-electron chi connectivity index (χ3n) is 3.52. The van der Waals surface area contributed by atoms with Gasteiger partial charge in [-0.15, -0.1) is 12.4 Å². The summed E-state index contributed by atoms with van der Waals surface area (Å²) in [6.07, 6.45) is 6.36. The van der Waals surface area contributed by atoms with Gasteiger partial charge >= 0.3 is 0 Å². The lowest BCUT2D eigenvalue weighted by Gasteiger charge is -2.34. The van der Waals surface area contributed by atoms with Crippen molar-refractivity contribution in [2.45, 2.75) is 25.9 Å². The second kappa shape index (κ2) is 5.63. The monoisotopic (exact) mass is 301 g/mol. The van der Waals surface area contributed by atoms with E-state index in [4.69, 9.17) is 10.00 Å². The van der Waals surface area contributed by atoms with Gasteiger partial charge in [-0.2, -0.15) is 5.26 Å². The molecule has 3 rings (SSSR count). The summed E-state index contributed by atoms with van der Waals surface area (Å²) >= 11 is 0. The number of fused-ring (bicyclic) bond motifs is 1. The molecule has 4 nitrogen and oxygen atoms in total. The zero-order valence-electron chi connectivity index (χ0n) is 11.9. The molecule has 2 heterocycles. The standard InChI is InChI=1S/C16H15N3O.ClH/c1-16(2)13(9-15-18-5-6-19-15)8-12-7-11(10-17)3-4-14(12)20-16;/h3-8H,9H2,1-2H3,(H,18,19);1H. The van der Waals surface area contributed by atoms with Crippen LogP contribution in [0.25, 0.3) is 6.08 Å². The number of nitrogens with one attached hydrogen (secondary N) is 1. The summed E-state index contributed by atoms with van der Waals surface area (Å²) in [6, 6.07) is 7.64. The largest absolute Gasteiger partial charge is 0.483 e. The van der Waals surface area contributed by atoms with Crippen LogP contribution in [0.2, 0.25) is 0 Å². The van der Waals surface area contributed by atoms with Crippen molar-refractivity contribution in [2.24, 2.45) is 0 Å². The topological polar surface area (TPSA) is 61.7 Å². The van der Waals surface area contributed by atoms with Crippen molar-refractivity contribution in [2.75, 3.05) is 0 Å². The highest BCUT2D eigenvalue weighted by molar-refractivity contribution is 5.85. The van der Waals surface area contributed by atoms with Gasteiger partial charge in [0.1, 0.15) is 17.2 Å². The van der Waals surface area contributed by atoms with Crippen molar-refractivity contribution >= 4 is 18.5 Å². The number of hydrogen-bond acceptors (Lipinski definition) is 3. The maximum atomic E-state index is 8.99. The van der Waals surface area contributed by atoms with E-state index in [9.17, 15) is 0 Å². The van der Waals surface area contributed by atoms with Crippen LogP contribution in [0, 0.1) is 11.3 Å². The van der Waals surface area contributed by atoms with Gasteiger partial charge in [-0.25, -0.2) is 4.98 Å². The van der Waals surface area contributed by atoms with Crippen LogP contribution in [0.3, 0.4) is 0 Å². The summed E-state index contributed by atoms with van der Waals surface area (Å²) in [5.74, 6) is 1.73. The minimum absolute atomic E-state index is 0. The van der Waals surface area contributed by atoms with Gasteiger partial charge in [0.05, 0.1) is 11.6 Å². The molecule has 1 aromatic carbocycles. The molecule has 0 unspecified atom stereocenters. The van der Waals surface area contributed by atoms with Crippen LogP contribution < -0.4 is 4.74 Å². The average Bonchev–Trinajstić information content (AvgIpc) is 2.91. The lowest BCUT2D eigenvalue weighted by Crippen LogP contribution is -2.34. The van der Waals surface area contributed by atoms with Gasteiger partial charge in [0.25, 0.3) is 0 Å². The first-order chi connectivity index (χ1) is 9.58. The van der Waals surface area contributed by atoms with Gasteiger partial charge in [0.2, 0.25) is 0 Å². The molecule has 0 saturated heterocycles. The number of H-pyrrole nitrogens is 1. The van der Waals surface area contributed by atoms with Gasteiger partial charge in [0.15, 0.2) is 0 Å². The van der Waals surface area contributed by atoms with Crippen LogP contribution >= 0.6 is 12.4 Å². The Labute approximate surface area is 129 Å². The molecule has 0 radical (unpaired) electrons. The summed E-state index contributed by atoms with van der Waals surface area (Å²) in [4.78, 5) is 7.37. The minimum atomic E-state index is -0.381. The van der Waals surface area contributed by atoms with Crippen LogP contribution in [0.1, 0.15) is 30.8 Å². The number of nitriles is 1. The summed E-state index contributed by atoms with van der Waals surface area (Å²) in [5.41, 5.74) is 2.34. The molecule has 1 aliphatic rings. The van der Waals surface area contributed by atoms with Crippen LogP contribution in [-0.4, -0.2) is 15.6 Å². The Bertz CT molecular complexity index is 712. The summed E-state index contributed by atoms with van der Waals surface area (Å²) in [6.45, 7) is 4.09. The first-order valence-electron chi connectivity index (χ1n) is 6.51. The highest BCUT2D eigenvalue weighted by Crippen LogP contribution is 2.36. The molecule has 1 aromatic heterocycles. The molecule has 0 bridgehead atoms. The van der Waals surface area contributed by atoms with Crippen LogP contribution in [0.5, 0.6) is 5.75 Å². The van der Waals surface area contributed by atoms with Crippen molar-refractivity contribution in [3.63, 3.8) is 0 Å². The molecule has 0 saturated carbocycles. The number of imidazole rings is 1. The van der Waals surface area contributed by atoms with Crippen molar-refractivity contribution in [3.05, 3.63) is 53.1 Å². The van der Waals surface area contributed by atoms with Crippen LogP contribution in [0.15, 0.2) is 36.2 Å². The lowest BCUT2D eigenvalue weighted by atomic mass is 9.89. The van der Waals surface area contributed by atoms with E-state index < -0.39 is 0 Å². The Morgan fingerprint density at radius 3 is 2.86 bits per heavy atom. The molecule has 2 aromatic rings. The van der Waals surface area contributed by atoms with E-state index in [0.29, 0.717) is 12.0 Å². The number of halogens is 1. The molecule has 5 heteroatoms. The lowest BCUT2D eigenvalue weighted by molar-refractivity contribution is 0.142. The summed E-state index contributed by atoms with van der Waals surface area (Å²) in [7, 11) is 0. The second-order valence-electron chi connectivity index (χ2n) is 5.36. The predicted molar refractivity (Wildman–Crippen MR) is 83.4 cm³/mol. The van der Waals surface area contributed by atoms with E-state index in [2.05, 4.69) is 22.1 Å². The number of nitrogens with zero attached hydrogens (tertiary/aromatic N) is 2. The first-order valence-corrected chi connectivity index (χ1v) is 6.51. The van der Waals surface area contributed by atoms with Gasteiger partial charge in [-0.05, 0) is 43.7 Å². The first kappa shape index (κ1) is 15.1. The summed E-state index contributed by atoms with van der Waals surface area (Å²) < 4.78 is 6.06. The number of aromatic nitrogens is 2. The molecular weight excluding hydrogens is 286 g/mol. The third-order valence-corrected chi connectivity index (χ3v) is 3.52. The minimum Gasteiger partial charge on any atom is -0.483 e. The highest BCUT2D eigenvalue weighted by atomic mass is 35.5. The average molecular weight is 302 g/mol. The normalized spacial score (nSPS) is 15.0. The molecule has 1 aliphatic heterocycles. The molecule has 0 amide bonds. The fraction of sp³-hybridized carbons (Fsp3) is 0.250. The number of benzene rings is 1. The van der Waals surface area contributed by atoms with E-state index in [-0.39, 0.29) is 18.0 Å². The van der Waals surface area contributed by atoms with Crippen LogP contribution in [0.4, 0.5) is 0 Å². The Morgan fingerprint density at radius 2 is 2.19 bits per heavy atom. The number of rotatable bonds is 2. The molecule has 108 valence electrons. The van der Waals surface area contributed by atoms with Gasteiger partial charge in [-0.1, -0.05) is 0 Å². The quantitative estimate of drug-likeness (QED) is 0.923. The summed E-state index contributed by atoms with van der Waals surface area (Å²) in [5, 5.41) is 8.99. The Kier molecular flexibility index (Phi) is 4.06. The number of hydrogen-bond donors (Lipinski definition) is 1. The molecule has 0 spiro atoms. The second-order valence-corrected chi connectivity index (χ2v) is 5.36. The van der Waals surface area contributed by atoms with Gasteiger partial charge in [-0.3, -0.25) is 0 Å². The molecular formula is C16H16ClN3O. The third kappa shape index (κ3) is 2.93. The van der Waals surface area contributed by atoms with E-state index in [1.54, 1.807) is 12.3 Å². The molecule has 0 aliphatic carbocycles. The zero-order valence-corrected chi connectivity index (χ0v) is 12.7. The molecule has 1 N–H and O–H groups in total. The molecule has 0 atom stereocenters. The van der Waals surface area contributed by atoms with E-state index >= 15 is 0 Å². The smallest absolute Gasteiger partial charge is 0.127 e. The molecule has 0 fully saturated rings. The maximum absolute atomic E-state index is 8.99. The maximum Gasteiger partial charge on any atom is 0.127 e. The zero-order chi connectivity index (χ0) is 14.2. The fourth-order valence-electron chi connectivity index (χ4n) is 2.36. The van der Waals surface area contributed by atoms with Crippen molar-refractivity contribution < 1.29 is 4.74 Å². The van der Waals surface area contributed by atoms with Crippen molar-refractivity contribution in [1.29, 1.82) is 5.26 Å². The van der Waals surface area contributed by atoms with E-state index in [0.717, 1.165) is 22.7 Å². The highest BCUT2D eigenvalue weighted by Gasteiger charge is 2.30. The van der Waals surface area contributed by atoms with Crippen molar-refractivity contribution in [3.8, 4) is 11.8 Å². The van der Waals surface area contributed by atoms with E-state index in [1.165, 1.54) is 0 Å². The Hall–Kier alpha value is -2.25.